The first kappa shape index (κ1) is 23.6. The minimum Gasteiger partial charge on any atom is -0.340 e. The van der Waals surface area contributed by atoms with Crippen molar-refractivity contribution in [1.29, 1.82) is 0 Å². The molecule has 37 heavy (non-hydrogen) atoms. The smallest absolute Gasteiger partial charge is 0.222 e. The Morgan fingerprint density at radius 3 is 2.54 bits per heavy atom. The summed E-state index contributed by atoms with van der Waals surface area (Å²) in [6.45, 7) is 0. The topological polar surface area (TPSA) is 68.3 Å². The summed E-state index contributed by atoms with van der Waals surface area (Å²) in [5.74, 6) is 0.298. The van der Waals surface area contributed by atoms with E-state index in [0.717, 1.165) is 78.6 Å². The second kappa shape index (κ2) is 9.61. The number of carbonyl (C=O) groups is 1. The number of likely N-dealkylation sites (tertiary alicyclic amines) is 1. The fourth-order valence-electron chi connectivity index (χ4n) is 6.11. The van der Waals surface area contributed by atoms with E-state index < -0.39 is 0 Å². The van der Waals surface area contributed by atoms with Crippen LogP contribution in [-0.2, 0) is 11.8 Å². The lowest BCUT2D eigenvalue weighted by atomic mass is 9.78. The van der Waals surface area contributed by atoms with Gasteiger partial charge in [-0.25, -0.2) is 0 Å². The van der Waals surface area contributed by atoms with Gasteiger partial charge < -0.3 is 4.90 Å². The number of benzene rings is 1. The number of aromatic nitrogens is 4. The summed E-state index contributed by atoms with van der Waals surface area (Å²) < 4.78 is 3.96. The molecule has 1 aromatic carbocycles. The molecule has 7 nitrogen and oxygen atoms in total. The summed E-state index contributed by atoms with van der Waals surface area (Å²) in [6.07, 6.45) is 20.4. The lowest BCUT2D eigenvalue weighted by molar-refractivity contribution is -0.130. The Morgan fingerprint density at radius 2 is 1.78 bits per heavy atom. The van der Waals surface area contributed by atoms with Gasteiger partial charge in [-0.15, -0.1) is 0 Å². The second-order valence-electron chi connectivity index (χ2n) is 10.7. The average Bonchev–Trinajstić information content (AvgIpc) is 3.62. The molecular formula is C30H34N6O. The Labute approximate surface area is 218 Å². The van der Waals surface area contributed by atoms with E-state index in [9.17, 15) is 4.79 Å². The number of hydrogen-bond acceptors (Lipinski definition) is 4. The lowest BCUT2D eigenvalue weighted by Gasteiger charge is -2.42. The van der Waals surface area contributed by atoms with Gasteiger partial charge in [-0.2, -0.15) is 10.2 Å². The monoisotopic (exact) mass is 494 g/mol. The molecule has 1 saturated carbocycles. The van der Waals surface area contributed by atoms with E-state index in [4.69, 9.17) is 10.1 Å². The van der Waals surface area contributed by atoms with Crippen LogP contribution < -0.4 is 0 Å². The number of rotatable bonds is 4. The number of hydrogen-bond donors (Lipinski definition) is 0. The maximum absolute atomic E-state index is 12.1. The second-order valence-corrected chi connectivity index (χ2v) is 10.7. The quantitative estimate of drug-likeness (QED) is 0.469. The van der Waals surface area contributed by atoms with Gasteiger partial charge >= 0.3 is 0 Å². The van der Waals surface area contributed by atoms with Crippen LogP contribution in [0.5, 0.6) is 0 Å². The highest BCUT2D eigenvalue weighted by Gasteiger charge is 2.45. The normalized spacial score (nSPS) is 27.9. The van der Waals surface area contributed by atoms with E-state index in [0.29, 0.717) is 18.4 Å². The molecule has 6 rings (SSSR count). The molecule has 1 spiro atoms. The summed E-state index contributed by atoms with van der Waals surface area (Å²) in [6, 6.07) is 10.9. The Balaban J connectivity index is 1.16. The molecular weight excluding hydrogens is 460 g/mol. The van der Waals surface area contributed by atoms with Gasteiger partial charge in [0.2, 0.25) is 5.91 Å². The molecule has 2 aromatic heterocycles. The van der Waals surface area contributed by atoms with Crippen molar-refractivity contribution in [2.75, 3.05) is 7.05 Å². The summed E-state index contributed by atoms with van der Waals surface area (Å²) in [5, 5.41) is 9.30. The predicted molar refractivity (Wildman–Crippen MR) is 147 cm³/mol. The molecule has 3 aromatic rings. The van der Waals surface area contributed by atoms with Gasteiger partial charge in [-0.3, -0.25) is 19.2 Å². The van der Waals surface area contributed by atoms with Crippen molar-refractivity contribution in [3.8, 4) is 11.3 Å². The van der Waals surface area contributed by atoms with E-state index >= 15 is 0 Å². The maximum Gasteiger partial charge on any atom is 0.222 e. The number of carbonyl (C=O) groups excluding carboxylic acids is 1. The van der Waals surface area contributed by atoms with Crippen molar-refractivity contribution < 1.29 is 4.79 Å². The van der Waals surface area contributed by atoms with Crippen molar-refractivity contribution in [2.45, 2.75) is 62.9 Å². The van der Waals surface area contributed by atoms with Crippen LogP contribution in [0.15, 0.2) is 66.1 Å². The van der Waals surface area contributed by atoms with Crippen molar-refractivity contribution in [1.82, 2.24) is 24.5 Å². The SMILES string of the molecule is CN1C(=O)CCC12CCC(n1cc(C3=C\CC\C=C(c4cccc(-c5ccn(C)n5)c4)/N=C/3)cn1)CC2. The van der Waals surface area contributed by atoms with Gasteiger partial charge in [-0.1, -0.05) is 30.4 Å². The molecule has 0 unspecified atom stereocenters. The number of aliphatic imine (C=N–C) groups is 1. The average molecular weight is 495 g/mol. The molecule has 0 radical (unpaired) electrons. The third-order valence-electron chi connectivity index (χ3n) is 8.46. The molecule has 190 valence electrons. The molecule has 2 aliphatic heterocycles. The third-order valence-corrected chi connectivity index (χ3v) is 8.46. The Hall–Kier alpha value is -3.74. The number of nitrogens with zero attached hydrogens (tertiary/aromatic N) is 6. The number of amides is 1. The van der Waals surface area contributed by atoms with Gasteiger partial charge in [0.15, 0.2) is 0 Å². The Kier molecular flexibility index (Phi) is 6.14. The molecule has 1 saturated heterocycles. The zero-order valence-electron chi connectivity index (χ0n) is 21.7. The van der Waals surface area contributed by atoms with Crippen LogP contribution in [0, 0.1) is 0 Å². The third kappa shape index (κ3) is 4.59. The Bertz CT molecular complexity index is 1400. The molecule has 0 bridgehead atoms. The first-order chi connectivity index (χ1) is 18.0. The first-order valence-corrected chi connectivity index (χ1v) is 13.4. The van der Waals surface area contributed by atoms with E-state index in [-0.39, 0.29) is 5.54 Å². The van der Waals surface area contributed by atoms with E-state index in [1.54, 1.807) is 0 Å². The van der Waals surface area contributed by atoms with Crippen LogP contribution in [0.2, 0.25) is 0 Å². The van der Waals surface area contributed by atoms with Crippen LogP contribution in [0.25, 0.3) is 22.5 Å². The van der Waals surface area contributed by atoms with Crippen molar-refractivity contribution in [3.05, 3.63) is 72.2 Å². The summed E-state index contributed by atoms with van der Waals surface area (Å²) in [5.41, 5.74) is 6.45. The highest BCUT2D eigenvalue weighted by atomic mass is 16.2. The fraction of sp³-hybridized carbons (Fsp3) is 0.400. The zero-order chi connectivity index (χ0) is 25.4. The molecule has 4 heterocycles. The molecule has 0 atom stereocenters. The summed E-state index contributed by atoms with van der Waals surface area (Å²) in [4.78, 5) is 19.0. The maximum atomic E-state index is 12.1. The van der Waals surface area contributed by atoms with E-state index in [1.165, 1.54) is 0 Å². The molecule has 2 fully saturated rings. The van der Waals surface area contributed by atoms with Crippen molar-refractivity contribution >= 4 is 23.4 Å². The van der Waals surface area contributed by atoms with Gasteiger partial charge in [0.1, 0.15) is 0 Å². The van der Waals surface area contributed by atoms with Crippen LogP contribution in [0.4, 0.5) is 0 Å². The molecule has 3 aliphatic rings. The number of allylic oxidation sites excluding steroid dienone is 3. The van der Waals surface area contributed by atoms with Gasteiger partial charge in [-0.05, 0) is 62.7 Å². The highest BCUT2D eigenvalue weighted by Crippen LogP contribution is 2.44. The van der Waals surface area contributed by atoms with Crippen LogP contribution in [-0.4, -0.2) is 49.2 Å². The predicted octanol–water partition coefficient (Wildman–Crippen LogP) is 5.68. The standard InChI is InChI=1S/C30H34N6O/c1-34-17-13-28(33-34)23-8-5-7-22(18-23)27-9-4-3-6-24(19-31-27)25-20-32-36(21-25)26-10-14-30(15-11-26)16-12-29(37)35(30)2/h5-9,13,17-21,26H,3-4,10-12,14-16H2,1-2H3/b24-6+,27-9-,31-19+. The molecule has 1 aliphatic carbocycles. The van der Waals surface area contributed by atoms with Gasteiger partial charge in [0, 0.05) is 61.4 Å². The van der Waals surface area contributed by atoms with E-state index in [2.05, 4.69) is 52.4 Å². The van der Waals surface area contributed by atoms with Gasteiger partial charge in [0.25, 0.3) is 0 Å². The largest absolute Gasteiger partial charge is 0.340 e. The van der Waals surface area contributed by atoms with Crippen molar-refractivity contribution in [3.63, 3.8) is 0 Å². The highest BCUT2D eigenvalue weighted by molar-refractivity contribution is 6.11. The van der Waals surface area contributed by atoms with Crippen LogP contribution in [0.3, 0.4) is 0 Å². The molecule has 7 heteroatoms. The first-order valence-electron chi connectivity index (χ1n) is 13.4. The van der Waals surface area contributed by atoms with E-state index in [1.807, 2.05) is 48.4 Å². The molecule has 0 N–H and O–H groups in total. The fourth-order valence-corrected chi connectivity index (χ4v) is 6.11. The number of aryl methyl sites for hydroxylation is 1. The van der Waals surface area contributed by atoms with Crippen LogP contribution >= 0.6 is 0 Å². The Morgan fingerprint density at radius 1 is 0.973 bits per heavy atom. The zero-order valence-corrected chi connectivity index (χ0v) is 21.7. The van der Waals surface area contributed by atoms with Crippen molar-refractivity contribution in [2.24, 2.45) is 12.0 Å². The van der Waals surface area contributed by atoms with Gasteiger partial charge in [0.05, 0.1) is 23.6 Å². The minimum absolute atomic E-state index is 0.0783. The lowest BCUT2D eigenvalue weighted by Crippen LogP contribution is -2.46. The minimum atomic E-state index is 0.0783. The summed E-state index contributed by atoms with van der Waals surface area (Å²) >= 11 is 0. The molecule has 1 amide bonds. The summed E-state index contributed by atoms with van der Waals surface area (Å²) in [7, 11) is 3.92. The van der Waals surface area contributed by atoms with Crippen LogP contribution in [0.1, 0.15) is 68.5 Å².